The maximum Gasteiger partial charge on any atom is 0.306 e. The maximum absolute atomic E-state index is 11.4. The second-order valence-corrected chi connectivity index (χ2v) is 5.64. The second kappa shape index (κ2) is 6.72. The molecular formula is C15H24O3. The summed E-state index contributed by atoms with van der Waals surface area (Å²) >= 11 is 0. The number of esters is 1. The molecule has 102 valence electrons. The normalized spacial score (nSPS) is 24.6. The van der Waals surface area contributed by atoms with Crippen molar-refractivity contribution < 1.29 is 14.3 Å². The molecule has 1 rings (SSSR count). The molecule has 0 saturated carbocycles. The lowest BCUT2D eigenvalue weighted by atomic mass is 9.83. The molecule has 0 spiro atoms. The average molecular weight is 252 g/mol. The van der Waals surface area contributed by atoms with Crippen LogP contribution in [0.3, 0.4) is 0 Å². The molecule has 0 aromatic rings. The summed E-state index contributed by atoms with van der Waals surface area (Å²) in [7, 11) is 0. The number of hydrogen-bond acceptors (Lipinski definition) is 3. The van der Waals surface area contributed by atoms with Crippen LogP contribution in [0.4, 0.5) is 0 Å². The van der Waals surface area contributed by atoms with Gasteiger partial charge in [0, 0.05) is 12.3 Å². The number of rotatable bonds is 6. The molecule has 3 heteroatoms. The van der Waals surface area contributed by atoms with Crippen molar-refractivity contribution in [3.63, 3.8) is 0 Å². The first kappa shape index (κ1) is 14.9. The van der Waals surface area contributed by atoms with Crippen molar-refractivity contribution in [3.05, 3.63) is 11.6 Å². The Morgan fingerprint density at radius 3 is 2.67 bits per heavy atom. The highest BCUT2D eigenvalue weighted by Gasteiger charge is 2.38. The smallest absolute Gasteiger partial charge is 0.306 e. The van der Waals surface area contributed by atoms with Crippen molar-refractivity contribution in [1.82, 2.24) is 0 Å². The molecule has 1 heterocycles. The molecule has 0 radical (unpaired) electrons. The largest absolute Gasteiger partial charge is 0.462 e. The number of allylic oxidation sites excluding steroid dienone is 2. The van der Waals surface area contributed by atoms with Gasteiger partial charge in [0.05, 0.1) is 6.42 Å². The number of carbonyl (C=O) groups is 2. The molecular weight excluding hydrogens is 228 g/mol. The van der Waals surface area contributed by atoms with Gasteiger partial charge in [-0.15, -0.1) is 0 Å². The van der Waals surface area contributed by atoms with Crippen molar-refractivity contribution in [2.45, 2.75) is 59.5 Å². The van der Waals surface area contributed by atoms with Gasteiger partial charge in [-0.25, -0.2) is 0 Å². The molecule has 3 nitrogen and oxygen atoms in total. The van der Waals surface area contributed by atoms with Crippen LogP contribution in [0.2, 0.25) is 0 Å². The molecule has 0 N–H and O–H groups in total. The third kappa shape index (κ3) is 4.63. The van der Waals surface area contributed by atoms with E-state index in [1.165, 1.54) is 5.57 Å². The maximum atomic E-state index is 11.4. The Morgan fingerprint density at radius 1 is 1.44 bits per heavy atom. The predicted molar refractivity (Wildman–Crippen MR) is 71.1 cm³/mol. The van der Waals surface area contributed by atoms with E-state index in [-0.39, 0.29) is 23.8 Å². The highest BCUT2D eigenvalue weighted by Crippen LogP contribution is 2.33. The Hall–Kier alpha value is -1.12. The second-order valence-electron chi connectivity index (χ2n) is 5.64. The summed E-state index contributed by atoms with van der Waals surface area (Å²) in [4.78, 5) is 22.6. The van der Waals surface area contributed by atoms with Crippen LogP contribution < -0.4 is 0 Å². The predicted octanol–water partition coefficient (Wildman–Crippen LogP) is 3.28. The molecule has 1 fully saturated rings. The Kier molecular flexibility index (Phi) is 5.57. The fourth-order valence-electron chi connectivity index (χ4n) is 2.52. The molecule has 1 aliphatic rings. The topological polar surface area (TPSA) is 43.4 Å². The van der Waals surface area contributed by atoms with E-state index in [1.54, 1.807) is 6.92 Å². The van der Waals surface area contributed by atoms with Crippen LogP contribution in [0.5, 0.6) is 0 Å². The SMILES string of the molecule is CC(=O)CC1OC(=O)CC1C(C)CCC=C(C)C. The van der Waals surface area contributed by atoms with Crippen molar-refractivity contribution in [3.8, 4) is 0 Å². The number of cyclic esters (lactones) is 1. The third-order valence-corrected chi connectivity index (χ3v) is 3.56. The lowest BCUT2D eigenvalue weighted by molar-refractivity contribution is -0.142. The summed E-state index contributed by atoms with van der Waals surface area (Å²) in [5.41, 5.74) is 1.32. The average Bonchev–Trinajstić information content (AvgIpc) is 2.57. The standard InChI is InChI=1S/C15H24O3/c1-10(2)6-5-7-11(3)13-9-15(17)18-14(13)8-12(4)16/h6,11,13-14H,5,7-9H2,1-4H3. The minimum atomic E-state index is -0.197. The van der Waals surface area contributed by atoms with Crippen LogP contribution in [-0.2, 0) is 14.3 Å². The number of carbonyl (C=O) groups excluding carboxylic acids is 2. The summed E-state index contributed by atoms with van der Waals surface area (Å²) in [6.45, 7) is 7.88. The van der Waals surface area contributed by atoms with Gasteiger partial charge in [0.15, 0.2) is 0 Å². The lowest BCUT2D eigenvalue weighted by Crippen LogP contribution is -2.24. The molecule has 3 atom stereocenters. The Balaban J connectivity index is 2.53. The zero-order chi connectivity index (χ0) is 13.7. The number of hydrogen-bond donors (Lipinski definition) is 0. The molecule has 0 aromatic carbocycles. The lowest BCUT2D eigenvalue weighted by Gasteiger charge is -2.22. The molecule has 3 unspecified atom stereocenters. The van der Waals surface area contributed by atoms with Gasteiger partial charge >= 0.3 is 5.97 Å². The van der Waals surface area contributed by atoms with E-state index >= 15 is 0 Å². The summed E-state index contributed by atoms with van der Waals surface area (Å²) < 4.78 is 5.26. The summed E-state index contributed by atoms with van der Waals surface area (Å²) in [5, 5.41) is 0. The van der Waals surface area contributed by atoms with Gasteiger partial charge in [-0.3, -0.25) is 9.59 Å². The van der Waals surface area contributed by atoms with E-state index < -0.39 is 0 Å². The number of Topliss-reactive ketones (excluding diaryl/α,β-unsaturated/α-hetero) is 1. The van der Waals surface area contributed by atoms with Crippen LogP contribution in [-0.4, -0.2) is 17.9 Å². The summed E-state index contributed by atoms with van der Waals surface area (Å²) in [5.74, 6) is 0.555. The van der Waals surface area contributed by atoms with Crippen molar-refractivity contribution in [2.75, 3.05) is 0 Å². The Bertz CT molecular complexity index is 340. The van der Waals surface area contributed by atoms with Crippen LogP contribution >= 0.6 is 0 Å². The fourth-order valence-corrected chi connectivity index (χ4v) is 2.52. The third-order valence-electron chi connectivity index (χ3n) is 3.56. The van der Waals surface area contributed by atoms with Crippen molar-refractivity contribution in [1.29, 1.82) is 0 Å². The molecule has 1 saturated heterocycles. The van der Waals surface area contributed by atoms with E-state index in [4.69, 9.17) is 4.74 Å². The quantitative estimate of drug-likeness (QED) is 0.538. The first-order valence-corrected chi connectivity index (χ1v) is 6.72. The van der Waals surface area contributed by atoms with E-state index in [0.29, 0.717) is 18.8 Å². The fraction of sp³-hybridized carbons (Fsp3) is 0.733. The molecule has 1 aliphatic heterocycles. The molecule has 0 bridgehead atoms. The number of ether oxygens (including phenoxy) is 1. The molecule has 0 aromatic heterocycles. The van der Waals surface area contributed by atoms with Gasteiger partial charge in [-0.1, -0.05) is 18.6 Å². The molecule has 0 aliphatic carbocycles. The van der Waals surface area contributed by atoms with Crippen LogP contribution in [0.15, 0.2) is 11.6 Å². The Morgan fingerprint density at radius 2 is 2.11 bits per heavy atom. The number of ketones is 1. The minimum absolute atomic E-state index is 0.0937. The van der Waals surface area contributed by atoms with Gasteiger partial charge in [-0.05, 0) is 39.5 Å². The summed E-state index contributed by atoms with van der Waals surface area (Å²) in [6, 6.07) is 0. The van der Waals surface area contributed by atoms with Gasteiger partial charge in [0.1, 0.15) is 11.9 Å². The van der Waals surface area contributed by atoms with Crippen LogP contribution in [0.1, 0.15) is 53.4 Å². The van der Waals surface area contributed by atoms with Crippen molar-refractivity contribution >= 4 is 11.8 Å². The van der Waals surface area contributed by atoms with Gasteiger partial charge in [-0.2, -0.15) is 0 Å². The van der Waals surface area contributed by atoms with Crippen molar-refractivity contribution in [2.24, 2.45) is 11.8 Å². The first-order valence-electron chi connectivity index (χ1n) is 6.72. The molecule has 0 amide bonds. The van der Waals surface area contributed by atoms with E-state index in [1.807, 2.05) is 0 Å². The van der Waals surface area contributed by atoms with Gasteiger partial charge in [0.25, 0.3) is 0 Å². The first-order chi connectivity index (χ1) is 8.40. The van der Waals surface area contributed by atoms with Gasteiger partial charge in [0.2, 0.25) is 0 Å². The highest BCUT2D eigenvalue weighted by atomic mass is 16.5. The van der Waals surface area contributed by atoms with E-state index in [2.05, 4.69) is 26.8 Å². The van der Waals surface area contributed by atoms with E-state index in [9.17, 15) is 9.59 Å². The Labute approximate surface area is 110 Å². The van der Waals surface area contributed by atoms with Gasteiger partial charge < -0.3 is 4.74 Å². The van der Waals surface area contributed by atoms with Crippen LogP contribution in [0.25, 0.3) is 0 Å². The summed E-state index contributed by atoms with van der Waals surface area (Å²) in [6.07, 6.45) is 4.92. The zero-order valence-electron chi connectivity index (χ0n) is 11.9. The highest BCUT2D eigenvalue weighted by molar-refractivity contribution is 5.78. The monoisotopic (exact) mass is 252 g/mol. The molecule has 18 heavy (non-hydrogen) atoms. The van der Waals surface area contributed by atoms with E-state index in [0.717, 1.165) is 12.8 Å². The van der Waals surface area contributed by atoms with Crippen LogP contribution in [0, 0.1) is 11.8 Å². The minimum Gasteiger partial charge on any atom is -0.462 e. The zero-order valence-corrected chi connectivity index (χ0v) is 11.9.